The Bertz CT molecular complexity index is 450. The van der Waals surface area contributed by atoms with E-state index < -0.39 is 0 Å². The van der Waals surface area contributed by atoms with Crippen molar-refractivity contribution in [3.05, 3.63) is 29.3 Å². The lowest BCUT2D eigenvalue weighted by atomic mass is 9.99. The second kappa shape index (κ2) is 3.86. The molecule has 0 aliphatic carbocycles. The van der Waals surface area contributed by atoms with E-state index in [0.717, 1.165) is 12.8 Å². The Hall–Kier alpha value is -1.31. The van der Waals surface area contributed by atoms with Gasteiger partial charge in [-0.1, -0.05) is 6.07 Å². The quantitative estimate of drug-likeness (QED) is 0.738. The molecule has 0 radical (unpaired) electrons. The molecular formula is C15H19NO. The van der Waals surface area contributed by atoms with Crippen molar-refractivity contribution in [2.24, 2.45) is 0 Å². The minimum absolute atomic E-state index is 0.456. The number of carbonyl (C=O) groups excluding carboxylic acids is 1. The van der Waals surface area contributed by atoms with Crippen LogP contribution in [0.15, 0.2) is 18.2 Å². The molecule has 1 aromatic rings. The van der Waals surface area contributed by atoms with Crippen LogP contribution in [0, 0.1) is 13.8 Å². The van der Waals surface area contributed by atoms with Crippen molar-refractivity contribution in [3.8, 4) is 0 Å². The summed E-state index contributed by atoms with van der Waals surface area (Å²) in [5, 5.41) is 0. The summed E-state index contributed by atoms with van der Waals surface area (Å²) in [6, 6.07) is 7.60. The number of fused-ring (bicyclic) bond motifs is 2. The van der Waals surface area contributed by atoms with Crippen molar-refractivity contribution in [3.63, 3.8) is 0 Å². The van der Waals surface area contributed by atoms with Crippen LogP contribution in [0.3, 0.4) is 0 Å². The molecule has 2 saturated heterocycles. The monoisotopic (exact) mass is 229 g/mol. The average Bonchev–Trinajstić information content (AvgIpc) is 2.55. The summed E-state index contributed by atoms with van der Waals surface area (Å²) in [5.41, 5.74) is 4.00. The number of rotatable bonds is 1. The molecule has 2 heteroatoms. The maximum atomic E-state index is 11.6. The number of ketones is 1. The van der Waals surface area contributed by atoms with E-state index in [1.807, 2.05) is 0 Å². The minimum Gasteiger partial charge on any atom is -0.365 e. The number of hydrogen-bond donors (Lipinski definition) is 0. The first-order valence-corrected chi connectivity index (χ1v) is 6.52. The van der Waals surface area contributed by atoms with Crippen molar-refractivity contribution in [2.75, 3.05) is 4.90 Å². The molecule has 3 rings (SSSR count). The van der Waals surface area contributed by atoms with E-state index >= 15 is 0 Å². The van der Waals surface area contributed by atoms with Gasteiger partial charge in [-0.15, -0.1) is 0 Å². The number of Topliss-reactive ketones (excluding diaryl/α,β-unsaturated/α-hetero) is 1. The first-order chi connectivity index (χ1) is 8.15. The van der Waals surface area contributed by atoms with Gasteiger partial charge in [-0.3, -0.25) is 4.79 Å². The number of piperidine rings is 1. The van der Waals surface area contributed by atoms with Crippen LogP contribution in [0.25, 0.3) is 0 Å². The molecule has 2 fully saturated rings. The minimum atomic E-state index is 0.456. The summed E-state index contributed by atoms with van der Waals surface area (Å²) in [5.74, 6) is 0.456. The molecule has 90 valence electrons. The van der Waals surface area contributed by atoms with E-state index in [2.05, 4.69) is 36.9 Å². The Morgan fingerprint density at radius 2 is 1.71 bits per heavy atom. The van der Waals surface area contributed by atoms with Gasteiger partial charge in [-0.05, 0) is 49.9 Å². The highest BCUT2D eigenvalue weighted by Crippen LogP contribution is 2.38. The van der Waals surface area contributed by atoms with Crippen LogP contribution in [0.1, 0.15) is 36.8 Å². The van der Waals surface area contributed by atoms with E-state index in [1.54, 1.807) is 0 Å². The van der Waals surface area contributed by atoms with Crippen LogP contribution in [0.4, 0.5) is 5.69 Å². The first-order valence-electron chi connectivity index (χ1n) is 6.52. The number of anilines is 1. The normalized spacial score (nSPS) is 27.6. The molecule has 0 aromatic heterocycles. The molecule has 0 saturated carbocycles. The van der Waals surface area contributed by atoms with Crippen LogP contribution in [0.5, 0.6) is 0 Å². The third-order valence-electron chi connectivity index (χ3n) is 4.34. The zero-order chi connectivity index (χ0) is 12.0. The number of hydrogen-bond acceptors (Lipinski definition) is 2. The highest BCUT2D eigenvalue weighted by atomic mass is 16.1. The Kier molecular flexibility index (Phi) is 2.46. The highest BCUT2D eigenvalue weighted by molar-refractivity contribution is 5.83. The smallest absolute Gasteiger partial charge is 0.137 e. The Labute approximate surface area is 103 Å². The maximum Gasteiger partial charge on any atom is 0.137 e. The van der Waals surface area contributed by atoms with E-state index in [9.17, 15) is 4.79 Å². The topological polar surface area (TPSA) is 20.3 Å². The average molecular weight is 229 g/mol. The van der Waals surface area contributed by atoms with Crippen molar-refractivity contribution in [1.29, 1.82) is 0 Å². The van der Waals surface area contributed by atoms with Crippen LogP contribution in [-0.4, -0.2) is 17.9 Å². The second-order valence-corrected chi connectivity index (χ2v) is 5.51. The molecule has 0 N–H and O–H groups in total. The fourth-order valence-corrected chi connectivity index (χ4v) is 3.28. The zero-order valence-electron chi connectivity index (χ0n) is 10.6. The van der Waals surface area contributed by atoms with Crippen LogP contribution in [0.2, 0.25) is 0 Å². The van der Waals surface area contributed by atoms with Gasteiger partial charge in [0.05, 0.1) is 0 Å². The SMILES string of the molecule is Cc1ccc(N2C3CCC2CC(=O)C3)cc1C. The van der Waals surface area contributed by atoms with E-state index in [4.69, 9.17) is 0 Å². The van der Waals surface area contributed by atoms with Gasteiger partial charge in [0, 0.05) is 30.6 Å². The van der Waals surface area contributed by atoms with E-state index in [0.29, 0.717) is 17.9 Å². The summed E-state index contributed by atoms with van der Waals surface area (Å²) in [6.07, 6.45) is 3.87. The lowest BCUT2D eigenvalue weighted by Gasteiger charge is -2.36. The van der Waals surface area contributed by atoms with Crippen LogP contribution < -0.4 is 4.90 Å². The maximum absolute atomic E-state index is 11.6. The predicted molar refractivity (Wildman–Crippen MR) is 69.4 cm³/mol. The number of nitrogens with zero attached hydrogens (tertiary/aromatic N) is 1. The van der Waals surface area contributed by atoms with Crippen LogP contribution >= 0.6 is 0 Å². The lowest BCUT2D eigenvalue weighted by Crippen LogP contribution is -2.43. The van der Waals surface area contributed by atoms with Crippen LogP contribution in [-0.2, 0) is 4.79 Å². The fourth-order valence-electron chi connectivity index (χ4n) is 3.28. The molecule has 2 bridgehead atoms. The lowest BCUT2D eigenvalue weighted by molar-refractivity contribution is -0.120. The number of carbonyl (C=O) groups is 1. The fraction of sp³-hybridized carbons (Fsp3) is 0.533. The summed E-state index contributed by atoms with van der Waals surface area (Å²) >= 11 is 0. The second-order valence-electron chi connectivity index (χ2n) is 5.51. The summed E-state index contributed by atoms with van der Waals surface area (Å²) < 4.78 is 0. The third-order valence-corrected chi connectivity index (χ3v) is 4.34. The van der Waals surface area contributed by atoms with Gasteiger partial charge >= 0.3 is 0 Å². The Morgan fingerprint density at radius 1 is 1.06 bits per heavy atom. The van der Waals surface area contributed by atoms with Gasteiger partial charge in [-0.25, -0.2) is 0 Å². The van der Waals surface area contributed by atoms with E-state index in [-0.39, 0.29) is 0 Å². The van der Waals surface area contributed by atoms with Gasteiger partial charge < -0.3 is 4.90 Å². The van der Waals surface area contributed by atoms with Crippen molar-refractivity contribution in [1.82, 2.24) is 0 Å². The molecule has 2 heterocycles. The predicted octanol–water partition coefficient (Wildman–Crippen LogP) is 3.00. The molecule has 2 nitrogen and oxygen atoms in total. The van der Waals surface area contributed by atoms with Crippen molar-refractivity contribution in [2.45, 2.75) is 51.6 Å². The number of benzene rings is 1. The summed E-state index contributed by atoms with van der Waals surface area (Å²) in [7, 11) is 0. The first kappa shape index (κ1) is 10.8. The molecule has 1 aromatic carbocycles. The number of aryl methyl sites for hydroxylation is 2. The molecular weight excluding hydrogens is 210 g/mol. The third kappa shape index (κ3) is 1.76. The Morgan fingerprint density at radius 3 is 2.29 bits per heavy atom. The molecule has 2 aliphatic heterocycles. The van der Waals surface area contributed by atoms with Gasteiger partial charge in [-0.2, -0.15) is 0 Å². The van der Waals surface area contributed by atoms with Gasteiger partial charge in [0.25, 0.3) is 0 Å². The zero-order valence-corrected chi connectivity index (χ0v) is 10.6. The van der Waals surface area contributed by atoms with Crippen molar-refractivity contribution < 1.29 is 4.79 Å². The highest BCUT2D eigenvalue weighted by Gasteiger charge is 2.40. The van der Waals surface area contributed by atoms with E-state index in [1.165, 1.54) is 29.7 Å². The summed E-state index contributed by atoms with van der Waals surface area (Å²) in [6.45, 7) is 4.31. The molecule has 2 unspecified atom stereocenters. The standard InChI is InChI=1S/C15H19NO/c1-10-3-4-12(7-11(10)2)16-13-5-6-14(16)9-15(17)8-13/h3-4,7,13-14H,5-6,8-9H2,1-2H3. The molecule has 2 atom stereocenters. The van der Waals surface area contributed by atoms with Gasteiger partial charge in [0.2, 0.25) is 0 Å². The molecule has 2 aliphatic rings. The molecule has 0 amide bonds. The van der Waals surface area contributed by atoms with Gasteiger partial charge in [0.1, 0.15) is 5.78 Å². The van der Waals surface area contributed by atoms with Crippen molar-refractivity contribution >= 4 is 11.5 Å². The molecule has 0 spiro atoms. The molecule has 17 heavy (non-hydrogen) atoms. The summed E-state index contributed by atoms with van der Waals surface area (Å²) in [4.78, 5) is 14.1. The van der Waals surface area contributed by atoms with Gasteiger partial charge in [0.15, 0.2) is 0 Å². The Balaban J connectivity index is 1.94. The largest absolute Gasteiger partial charge is 0.365 e.